The van der Waals surface area contributed by atoms with Crippen LogP contribution < -0.4 is 0 Å². The molecule has 0 amide bonds. The molecule has 1 heterocycles. The average molecular weight is 220 g/mol. The van der Waals surface area contributed by atoms with Gasteiger partial charge in [0.05, 0.1) is 11.9 Å². The monoisotopic (exact) mass is 220 g/mol. The summed E-state index contributed by atoms with van der Waals surface area (Å²) in [5, 5.41) is 23.1. The van der Waals surface area contributed by atoms with Crippen LogP contribution in [0.15, 0.2) is 18.2 Å². The summed E-state index contributed by atoms with van der Waals surface area (Å²) in [6.07, 6.45) is 0.468. The Morgan fingerprint density at radius 1 is 1.50 bits per heavy atom. The van der Waals surface area contributed by atoms with E-state index >= 15 is 0 Å². The first-order valence-electron chi connectivity index (χ1n) is 4.94. The summed E-state index contributed by atoms with van der Waals surface area (Å²) in [6.45, 7) is 0. The third kappa shape index (κ3) is 1.84. The molecule has 0 spiro atoms. The molecule has 16 heavy (non-hydrogen) atoms. The first-order chi connectivity index (χ1) is 7.58. The van der Waals surface area contributed by atoms with Gasteiger partial charge in [0.15, 0.2) is 0 Å². The summed E-state index contributed by atoms with van der Waals surface area (Å²) < 4.78 is 1.66. The number of phenols is 1. The molecule has 2 N–H and O–H groups in total. The minimum absolute atomic E-state index is 0.0598. The smallest absolute Gasteiger partial charge is 0.303 e. The summed E-state index contributed by atoms with van der Waals surface area (Å²) in [5.74, 6) is -0.674. The van der Waals surface area contributed by atoms with E-state index in [1.165, 1.54) is 0 Å². The van der Waals surface area contributed by atoms with E-state index in [2.05, 4.69) is 5.10 Å². The van der Waals surface area contributed by atoms with Gasteiger partial charge in [0, 0.05) is 24.5 Å². The number of benzene rings is 1. The molecule has 2 aromatic rings. The van der Waals surface area contributed by atoms with Crippen LogP contribution in [0.5, 0.6) is 5.75 Å². The lowest BCUT2D eigenvalue weighted by molar-refractivity contribution is -0.136. The number of rotatable bonds is 3. The normalized spacial score (nSPS) is 10.8. The third-order valence-corrected chi connectivity index (χ3v) is 2.52. The standard InChI is InChI=1S/C11H12N2O3/c1-13-10(4-5-11(15)16)8-6-7(14)2-3-9(8)12-13/h2-3,6,14H,4-5H2,1H3,(H,15,16). The maximum Gasteiger partial charge on any atom is 0.303 e. The van der Waals surface area contributed by atoms with Crippen LogP contribution in [0.2, 0.25) is 0 Å². The zero-order valence-corrected chi connectivity index (χ0v) is 8.84. The van der Waals surface area contributed by atoms with Gasteiger partial charge in [-0.15, -0.1) is 0 Å². The van der Waals surface area contributed by atoms with Gasteiger partial charge in [0.25, 0.3) is 0 Å². The highest BCUT2D eigenvalue weighted by Crippen LogP contribution is 2.23. The van der Waals surface area contributed by atoms with Gasteiger partial charge < -0.3 is 10.2 Å². The Bertz CT molecular complexity index is 545. The van der Waals surface area contributed by atoms with Crippen molar-refractivity contribution in [3.63, 3.8) is 0 Å². The van der Waals surface area contributed by atoms with Crippen LogP contribution in [0.25, 0.3) is 10.9 Å². The Hall–Kier alpha value is -2.04. The van der Waals surface area contributed by atoms with Crippen LogP contribution in [0.3, 0.4) is 0 Å². The van der Waals surface area contributed by atoms with Gasteiger partial charge in [0.1, 0.15) is 5.75 Å². The summed E-state index contributed by atoms with van der Waals surface area (Å²) in [4.78, 5) is 10.5. The highest BCUT2D eigenvalue weighted by atomic mass is 16.4. The Morgan fingerprint density at radius 2 is 2.25 bits per heavy atom. The Morgan fingerprint density at radius 3 is 2.94 bits per heavy atom. The SMILES string of the molecule is Cn1nc2ccc(O)cc2c1CCC(=O)O. The summed E-state index contributed by atoms with van der Waals surface area (Å²) in [7, 11) is 1.77. The molecule has 0 fully saturated rings. The minimum atomic E-state index is -0.838. The highest BCUT2D eigenvalue weighted by Gasteiger charge is 2.10. The molecule has 1 aromatic heterocycles. The number of aliphatic carboxylic acids is 1. The van der Waals surface area contributed by atoms with Crippen molar-refractivity contribution in [2.75, 3.05) is 0 Å². The molecule has 84 valence electrons. The molecule has 5 heteroatoms. The number of carboxylic acids is 1. The molecular formula is C11H12N2O3. The first-order valence-corrected chi connectivity index (χ1v) is 4.94. The van der Waals surface area contributed by atoms with E-state index < -0.39 is 5.97 Å². The van der Waals surface area contributed by atoms with Crippen molar-refractivity contribution < 1.29 is 15.0 Å². The second-order valence-corrected chi connectivity index (χ2v) is 3.67. The largest absolute Gasteiger partial charge is 0.508 e. The third-order valence-electron chi connectivity index (χ3n) is 2.52. The zero-order valence-electron chi connectivity index (χ0n) is 8.84. The topological polar surface area (TPSA) is 75.3 Å². The Balaban J connectivity index is 2.45. The number of fused-ring (bicyclic) bond motifs is 1. The van der Waals surface area contributed by atoms with Crippen molar-refractivity contribution in [1.82, 2.24) is 9.78 Å². The van der Waals surface area contributed by atoms with Crippen LogP contribution in [0, 0.1) is 0 Å². The predicted molar refractivity (Wildman–Crippen MR) is 58.3 cm³/mol. The van der Waals surface area contributed by atoms with Crippen molar-refractivity contribution >= 4 is 16.9 Å². The van der Waals surface area contributed by atoms with Crippen molar-refractivity contribution in [2.45, 2.75) is 12.8 Å². The van der Waals surface area contributed by atoms with E-state index in [0.717, 1.165) is 16.6 Å². The predicted octanol–water partition coefficient (Wildman–Crippen LogP) is 1.30. The Kier molecular flexibility index (Phi) is 2.52. The quantitative estimate of drug-likeness (QED) is 0.817. The van der Waals surface area contributed by atoms with Crippen molar-refractivity contribution in [3.05, 3.63) is 23.9 Å². The molecule has 2 rings (SSSR count). The van der Waals surface area contributed by atoms with Gasteiger partial charge in [-0.2, -0.15) is 5.10 Å². The van der Waals surface area contributed by atoms with E-state index in [1.54, 1.807) is 29.9 Å². The first kappa shape index (κ1) is 10.5. The molecule has 0 bridgehead atoms. The number of hydrogen-bond donors (Lipinski definition) is 2. The molecular weight excluding hydrogens is 208 g/mol. The highest BCUT2D eigenvalue weighted by molar-refractivity contribution is 5.83. The summed E-state index contributed by atoms with van der Waals surface area (Å²) in [6, 6.07) is 4.89. The molecule has 0 aliphatic carbocycles. The van der Waals surface area contributed by atoms with Crippen LogP contribution in [-0.4, -0.2) is 26.0 Å². The van der Waals surface area contributed by atoms with Crippen LogP contribution in [0.1, 0.15) is 12.1 Å². The fraction of sp³-hybridized carbons (Fsp3) is 0.273. The molecule has 1 aromatic carbocycles. The number of aromatic hydroxyl groups is 1. The lowest BCUT2D eigenvalue weighted by atomic mass is 10.1. The fourth-order valence-electron chi connectivity index (χ4n) is 1.76. The van der Waals surface area contributed by atoms with Gasteiger partial charge in [-0.3, -0.25) is 9.48 Å². The van der Waals surface area contributed by atoms with Crippen molar-refractivity contribution in [3.8, 4) is 5.75 Å². The molecule has 0 saturated heterocycles. The van der Waals surface area contributed by atoms with E-state index in [-0.39, 0.29) is 12.2 Å². The second-order valence-electron chi connectivity index (χ2n) is 3.67. The number of carbonyl (C=O) groups is 1. The van der Waals surface area contributed by atoms with Crippen molar-refractivity contribution in [1.29, 1.82) is 0 Å². The molecule has 0 aliphatic rings. The maximum absolute atomic E-state index is 10.5. The fourth-order valence-corrected chi connectivity index (χ4v) is 1.76. The van der Waals surface area contributed by atoms with Crippen molar-refractivity contribution in [2.24, 2.45) is 7.05 Å². The van der Waals surface area contributed by atoms with Gasteiger partial charge in [-0.25, -0.2) is 0 Å². The number of nitrogens with zero attached hydrogens (tertiary/aromatic N) is 2. The van der Waals surface area contributed by atoms with Gasteiger partial charge in [-0.05, 0) is 18.2 Å². The average Bonchev–Trinajstić information content (AvgIpc) is 2.51. The number of aromatic nitrogens is 2. The van der Waals surface area contributed by atoms with E-state index in [9.17, 15) is 9.90 Å². The van der Waals surface area contributed by atoms with E-state index in [1.807, 2.05) is 0 Å². The van der Waals surface area contributed by atoms with Gasteiger partial charge in [0.2, 0.25) is 0 Å². The number of hydrogen-bond acceptors (Lipinski definition) is 3. The Labute approximate surface area is 91.9 Å². The lowest BCUT2D eigenvalue weighted by Crippen LogP contribution is -2.03. The number of phenolic OH excluding ortho intramolecular Hbond substituents is 1. The lowest BCUT2D eigenvalue weighted by Gasteiger charge is -2.00. The van der Waals surface area contributed by atoms with Crippen LogP contribution in [0.4, 0.5) is 0 Å². The van der Waals surface area contributed by atoms with Gasteiger partial charge >= 0.3 is 5.97 Å². The number of carboxylic acid groups (broad SMARTS) is 1. The van der Waals surface area contributed by atoms with Crippen LogP contribution in [-0.2, 0) is 18.3 Å². The summed E-state index contributed by atoms with van der Waals surface area (Å²) in [5.41, 5.74) is 1.59. The summed E-state index contributed by atoms with van der Waals surface area (Å²) >= 11 is 0. The maximum atomic E-state index is 10.5. The van der Waals surface area contributed by atoms with E-state index in [4.69, 9.17) is 5.11 Å². The molecule has 0 radical (unpaired) electrons. The van der Waals surface area contributed by atoms with Gasteiger partial charge in [-0.1, -0.05) is 0 Å². The van der Waals surface area contributed by atoms with Crippen LogP contribution >= 0.6 is 0 Å². The molecule has 5 nitrogen and oxygen atoms in total. The molecule has 0 saturated carbocycles. The molecule has 0 atom stereocenters. The molecule has 0 unspecified atom stereocenters. The zero-order chi connectivity index (χ0) is 11.7. The second kappa shape index (κ2) is 3.84. The minimum Gasteiger partial charge on any atom is -0.508 e. The molecule has 0 aliphatic heterocycles. The van der Waals surface area contributed by atoms with E-state index in [0.29, 0.717) is 6.42 Å². The number of aryl methyl sites for hydroxylation is 2.